The quantitative estimate of drug-likeness (QED) is 0.155. The molecule has 3 N–H and O–H groups in total. The van der Waals surface area contributed by atoms with E-state index in [9.17, 15) is 23.1 Å². The highest BCUT2D eigenvalue weighted by molar-refractivity contribution is 7.92. The Bertz CT molecular complexity index is 1840. The molecule has 2 heterocycles. The molecule has 2 aliphatic rings. The Hall–Kier alpha value is -4.87. The Labute approximate surface area is 294 Å². The third kappa shape index (κ3) is 9.22. The molecule has 4 aromatic carbocycles. The number of benzene rings is 4. The fraction of sp³-hybridized carbons (Fsp3) is 0.333. The molecular weight excluding hydrogens is 653 g/mol. The highest BCUT2D eigenvalue weighted by Crippen LogP contribution is 2.31. The van der Waals surface area contributed by atoms with Crippen molar-refractivity contribution < 1.29 is 27.9 Å². The summed E-state index contributed by atoms with van der Waals surface area (Å²) in [5.74, 6) is 0.973. The predicted octanol–water partition coefficient (Wildman–Crippen LogP) is 6.05. The van der Waals surface area contributed by atoms with Crippen molar-refractivity contribution >= 4 is 27.5 Å². The monoisotopic (exact) mass is 696 g/mol. The van der Waals surface area contributed by atoms with Crippen LogP contribution in [-0.4, -0.2) is 73.9 Å². The minimum absolute atomic E-state index is 0.0344. The maximum atomic E-state index is 13.9. The molecule has 0 saturated carbocycles. The molecule has 2 saturated heterocycles. The number of hydrogen-bond acceptors (Lipinski definition) is 7. The van der Waals surface area contributed by atoms with E-state index in [0.717, 1.165) is 31.4 Å². The number of phenols is 1. The lowest BCUT2D eigenvalue weighted by molar-refractivity contribution is -0.134. The van der Waals surface area contributed by atoms with Gasteiger partial charge in [0.15, 0.2) is 5.75 Å². The van der Waals surface area contributed by atoms with Gasteiger partial charge in [0.1, 0.15) is 17.5 Å². The molecule has 0 radical (unpaired) electrons. The van der Waals surface area contributed by atoms with Crippen LogP contribution in [0.25, 0.3) is 0 Å². The fourth-order valence-corrected chi connectivity index (χ4v) is 7.66. The summed E-state index contributed by atoms with van der Waals surface area (Å²) in [4.78, 5) is 31.7. The highest BCUT2D eigenvalue weighted by Gasteiger charge is 2.30. The van der Waals surface area contributed by atoms with Gasteiger partial charge in [-0.25, -0.2) is 8.42 Å². The van der Waals surface area contributed by atoms with Crippen molar-refractivity contribution in [2.24, 2.45) is 5.92 Å². The van der Waals surface area contributed by atoms with E-state index in [1.807, 2.05) is 23.1 Å². The molecule has 0 aliphatic carbocycles. The van der Waals surface area contributed by atoms with Crippen LogP contribution in [0, 0.1) is 5.92 Å². The van der Waals surface area contributed by atoms with Crippen LogP contribution in [0.5, 0.6) is 17.2 Å². The number of amides is 2. The van der Waals surface area contributed by atoms with Crippen molar-refractivity contribution in [3.8, 4) is 17.2 Å². The Balaban J connectivity index is 1.11. The number of carbonyl (C=O) groups excluding carboxylic acids is 2. The van der Waals surface area contributed by atoms with E-state index in [1.165, 1.54) is 50.2 Å². The second-order valence-electron chi connectivity index (χ2n) is 13.0. The highest BCUT2D eigenvalue weighted by atomic mass is 32.2. The summed E-state index contributed by atoms with van der Waals surface area (Å²) in [7, 11) is -4.03. The summed E-state index contributed by atoms with van der Waals surface area (Å²) < 4.78 is 35.2. The molecular formula is C39H44N4O6S. The van der Waals surface area contributed by atoms with Crippen LogP contribution in [0.15, 0.2) is 108 Å². The van der Waals surface area contributed by atoms with Gasteiger partial charge in [0.25, 0.3) is 15.9 Å². The number of aromatic hydroxyl groups is 1. The number of likely N-dealkylation sites (tertiary alicyclic amines) is 2. The number of rotatable bonds is 13. The Morgan fingerprint density at radius 1 is 0.820 bits per heavy atom. The third-order valence-corrected chi connectivity index (χ3v) is 10.9. The molecule has 4 aromatic rings. The Kier molecular flexibility index (Phi) is 11.3. The normalized spacial score (nSPS) is 16.1. The number of carbonyl (C=O) groups is 2. The maximum Gasteiger partial charge on any atom is 0.262 e. The second-order valence-corrected chi connectivity index (χ2v) is 14.7. The van der Waals surface area contributed by atoms with Crippen LogP contribution in [0.1, 0.15) is 48.0 Å². The lowest BCUT2D eigenvalue weighted by Crippen LogP contribution is -2.51. The van der Waals surface area contributed by atoms with Crippen LogP contribution in [0.4, 0.5) is 5.69 Å². The van der Waals surface area contributed by atoms with E-state index in [2.05, 4.69) is 14.9 Å². The van der Waals surface area contributed by atoms with Gasteiger partial charge in [-0.05, 0) is 124 Å². The molecule has 6 rings (SSSR count). The van der Waals surface area contributed by atoms with Gasteiger partial charge in [-0.2, -0.15) is 0 Å². The van der Waals surface area contributed by atoms with E-state index < -0.39 is 22.0 Å². The van der Waals surface area contributed by atoms with Crippen molar-refractivity contribution in [3.63, 3.8) is 0 Å². The largest absolute Gasteiger partial charge is 0.508 e. The zero-order valence-corrected chi connectivity index (χ0v) is 28.9. The number of nitrogens with zero attached hydrogens (tertiary/aromatic N) is 2. The number of hydrogen-bond donors (Lipinski definition) is 3. The van der Waals surface area contributed by atoms with Gasteiger partial charge in [0.05, 0.1) is 10.6 Å². The van der Waals surface area contributed by atoms with Crippen LogP contribution < -0.4 is 14.8 Å². The first-order chi connectivity index (χ1) is 24.2. The van der Waals surface area contributed by atoms with E-state index >= 15 is 0 Å². The van der Waals surface area contributed by atoms with Crippen LogP contribution in [0.3, 0.4) is 0 Å². The first-order valence-corrected chi connectivity index (χ1v) is 18.8. The summed E-state index contributed by atoms with van der Waals surface area (Å²) >= 11 is 0. The van der Waals surface area contributed by atoms with Crippen molar-refractivity contribution in [3.05, 3.63) is 114 Å². The number of piperidine rings is 1. The second kappa shape index (κ2) is 16.2. The average molecular weight is 697 g/mol. The maximum absolute atomic E-state index is 13.9. The van der Waals surface area contributed by atoms with E-state index in [0.29, 0.717) is 30.5 Å². The van der Waals surface area contributed by atoms with Crippen molar-refractivity contribution in [1.29, 1.82) is 0 Å². The molecule has 2 aliphatic heterocycles. The fourth-order valence-electron chi connectivity index (χ4n) is 6.59. The zero-order valence-electron chi connectivity index (χ0n) is 28.0. The van der Waals surface area contributed by atoms with Crippen LogP contribution >= 0.6 is 0 Å². The Morgan fingerprint density at radius 3 is 2.18 bits per heavy atom. The molecule has 2 amide bonds. The number of sulfonamides is 1. The summed E-state index contributed by atoms with van der Waals surface area (Å²) in [5.41, 5.74) is 1.29. The first-order valence-electron chi connectivity index (χ1n) is 17.3. The third-order valence-electron chi connectivity index (χ3n) is 9.49. The Morgan fingerprint density at radius 2 is 1.48 bits per heavy atom. The minimum Gasteiger partial charge on any atom is -0.508 e. The summed E-state index contributed by atoms with van der Waals surface area (Å²) in [5, 5.41) is 12.7. The summed E-state index contributed by atoms with van der Waals surface area (Å²) in [6.07, 6.45) is 5.83. The van der Waals surface area contributed by atoms with Gasteiger partial charge in [-0.3, -0.25) is 14.3 Å². The lowest BCUT2D eigenvalue weighted by Gasteiger charge is -2.35. The molecule has 50 heavy (non-hydrogen) atoms. The zero-order chi connectivity index (χ0) is 34.9. The molecule has 10 nitrogen and oxygen atoms in total. The van der Waals surface area contributed by atoms with Gasteiger partial charge in [-0.15, -0.1) is 0 Å². The molecule has 1 atom stereocenters. The number of ether oxygens (including phenoxy) is 1. The number of nitrogens with one attached hydrogen (secondary N) is 2. The van der Waals surface area contributed by atoms with Gasteiger partial charge in [0.2, 0.25) is 5.91 Å². The SMILES string of the molecule is O=C(N[C@H](Cc1ccc(O)cc1)C(=O)N1CCC(CCN2CCCC2)CC1)c1ccc(S(=O)(=O)Nc2ccccc2Oc2ccccc2)cc1. The van der Waals surface area contributed by atoms with Crippen molar-refractivity contribution in [1.82, 2.24) is 15.1 Å². The van der Waals surface area contributed by atoms with Crippen LogP contribution in [-0.2, 0) is 21.2 Å². The van der Waals surface area contributed by atoms with Gasteiger partial charge in [0, 0.05) is 25.1 Å². The van der Waals surface area contributed by atoms with Crippen molar-refractivity contribution in [2.75, 3.05) is 37.4 Å². The minimum atomic E-state index is -4.03. The van der Waals surface area contributed by atoms with Gasteiger partial charge in [-0.1, -0.05) is 42.5 Å². The predicted molar refractivity (Wildman–Crippen MR) is 193 cm³/mol. The van der Waals surface area contributed by atoms with Gasteiger partial charge < -0.3 is 25.0 Å². The van der Waals surface area contributed by atoms with E-state index in [4.69, 9.17) is 4.74 Å². The summed E-state index contributed by atoms with van der Waals surface area (Å²) in [6.45, 7) is 4.77. The molecule has 0 aromatic heterocycles. The van der Waals surface area contributed by atoms with E-state index in [-0.39, 0.29) is 34.2 Å². The smallest absolute Gasteiger partial charge is 0.262 e. The summed E-state index contributed by atoms with van der Waals surface area (Å²) in [6, 6.07) is 27.2. The van der Waals surface area contributed by atoms with E-state index in [1.54, 1.807) is 60.7 Å². The molecule has 11 heteroatoms. The molecule has 0 bridgehead atoms. The number of para-hydroxylation sites is 3. The first kappa shape index (κ1) is 35.0. The lowest BCUT2D eigenvalue weighted by atomic mass is 9.92. The molecule has 0 spiro atoms. The van der Waals surface area contributed by atoms with Crippen LogP contribution in [0.2, 0.25) is 0 Å². The number of phenolic OH excluding ortho intramolecular Hbond substituents is 1. The molecule has 0 unspecified atom stereocenters. The standard InChI is InChI=1S/C39H44N4O6S/c44-32-16-12-30(13-17-32)28-36(39(46)43-26-21-29(22-27-43)20-25-42-23-6-7-24-42)40-38(45)31-14-18-34(19-15-31)50(47,48)41-35-10-4-5-11-37(35)49-33-8-2-1-3-9-33/h1-5,8-19,29,36,41,44H,6-7,20-28H2,(H,40,45)/t36-/m1/s1. The molecule has 262 valence electrons. The van der Waals surface area contributed by atoms with Crippen molar-refractivity contribution in [2.45, 2.75) is 49.5 Å². The topological polar surface area (TPSA) is 128 Å². The average Bonchev–Trinajstić information content (AvgIpc) is 3.66. The molecule has 2 fully saturated rings. The number of anilines is 1. The van der Waals surface area contributed by atoms with Gasteiger partial charge >= 0.3 is 0 Å².